The van der Waals surface area contributed by atoms with Crippen molar-refractivity contribution in [1.82, 2.24) is 29.7 Å². The molecule has 4 aromatic carbocycles. The molecule has 0 atom stereocenters. The Morgan fingerprint density at radius 1 is 0.857 bits per heavy atom. The number of nitrogens with one attached hydrogen (secondary N) is 1. The third kappa shape index (κ3) is 8.81. The minimum Gasteiger partial charge on any atom is -0.333 e. The molecule has 0 fully saturated rings. The molecule has 0 unspecified atom stereocenters. The quantitative estimate of drug-likeness (QED) is 0.126. The SMILES string of the molecule is C#Cc1ccc(Nc2nc(Cc3c(Cl)cccc3Cl)nc(N(CCc3ccc(Br)cc3)Cc3nncn3Cc3ccc(C#N)cc3)n2)cc1. The monoisotopic (exact) mass is 747 g/mol. The summed E-state index contributed by atoms with van der Waals surface area (Å²) < 4.78 is 2.99. The van der Waals surface area contributed by atoms with Gasteiger partial charge in [0.05, 0.1) is 24.7 Å². The van der Waals surface area contributed by atoms with Gasteiger partial charge in [0.25, 0.3) is 0 Å². The van der Waals surface area contributed by atoms with E-state index in [-0.39, 0.29) is 6.42 Å². The van der Waals surface area contributed by atoms with Gasteiger partial charge in [0.2, 0.25) is 11.9 Å². The van der Waals surface area contributed by atoms with E-state index in [4.69, 9.17) is 44.6 Å². The summed E-state index contributed by atoms with van der Waals surface area (Å²) in [7, 11) is 0. The van der Waals surface area contributed by atoms with Crippen molar-refractivity contribution in [3.63, 3.8) is 0 Å². The normalized spacial score (nSPS) is 10.7. The molecule has 6 aromatic rings. The van der Waals surface area contributed by atoms with Gasteiger partial charge in [-0.05, 0) is 83.8 Å². The van der Waals surface area contributed by atoms with Gasteiger partial charge in [-0.3, -0.25) is 0 Å². The van der Waals surface area contributed by atoms with E-state index in [2.05, 4.69) is 60.5 Å². The molecule has 242 valence electrons. The van der Waals surface area contributed by atoms with Gasteiger partial charge in [-0.1, -0.05) is 75.4 Å². The molecule has 12 heteroatoms. The first-order valence-corrected chi connectivity index (χ1v) is 16.8. The molecule has 0 aliphatic heterocycles. The fraction of sp³-hybridized carbons (Fsp3) is 0.135. The first kappa shape index (κ1) is 33.6. The zero-order valence-electron chi connectivity index (χ0n) is 26.1. The van der Waals surface area contributed by atoms with Crippen LogP contribution in [0, 0.1) is 23.7 Å². The second kappa shape index (κ2) is 15.8. The Kier molecular flexibility index (Phi) is 10.8. The molecule has 1 N–H and O–H groups in total. The van der Waals surface area contributed by atoms with E-state index in [0.717, 1.165) is 38.2 Å². The highest BCUT2D eigenvalue weighted by atomic mass is 79.9. The summed E-state index contributed by atoms with van der Waals surface area (Å²) in [6, 6.07) is 30.7. The van der Waals surface area contributed by atoms with Crippen molar-refractivity contribution in [2.45, 2.75) is 25.9 Å². The summed E-state index contributed by atoms with van der Waals surface area (Å²) in [6.07, 6.45) is 8.27. The molecule has 2 heterocycles. The van der Waals surface area contributed by atoms with Crippen molar-refractivity contribution in [2.75, 3.05) is 16.8 Å². The standard InChI is InChI=1S/C37H28BrCl2N9/c1-2-25-12-16-30(17-13-25)43-36-44-34(20-31-32(39)4-3-5-33(31)40)45-37(46-36)48(19-18-26-10-14-29(38)15-11-26)23-35-47-42-24-49(35)22-28-8-6-27(21-41)7-9-28/h1,3-17,24H,18-20,22-23H2,(H,43,44,45,46). The molecule has 9 nitrogen and oxygen atoms in total. The van der Waals surface area contributed by atoms with Crippen LogP contribution in [0.3, 0.4) is 0 Å². The van der Waals surface area contributed by atoms with Crippen LogP contribution < -0.4 is 10.2 Å². The summed E-state index contributed by atoms with van der Waals surface area (Å²) in [4.78, 5) is 16.7. The van der Waals surface area contributed by atoms with Crippen LogP contribution in [0.25, 0.3) is 0 Å². The molecule has 0 saturated carbocycles. The molecule has 0 saturated heterocycles. The second-order valence-corrected chi connectivity index (χ2v) is 12.8. The topological polar surface area (TPSA) is 108 Å². The molecule has 0 radical (unpaired) electrons. The molecule has 49 heavy (non-hydrogen) atoms. The smallest absolute Gasteiger partial charge is 0.232 e. The fourth-order valence-electron chi connectivity index (χ4n) is 5.07. The van der Waals surface area contributed by atoms with Crippen molar-refractivity contribution < 1.29 is 0 Å². The summed E-state index contributed by atoms with van der Waals surface area (Å²) in [6.45, 7) is 1.46. The Bertz CT molecular complexity index is 2120. The fourth-order valence-corrected chi connectivity index (χ4v) is 5.87. The average molecular weight is 750 g/mol. The second-order valence-electron chi connectivity index (χ2n) is 11.1. The van der Waals surface area contributed by atoms with Gasteiger partial charge in [-0.25, -0.2) is 0 Å². The van der Waals surface area contributed by atoms with Gasteiger partial charge >= 0.3 is 0 Å². The van der Waals surface area contributed by atoms with E-state index in [1.807, 2.05) is 53.1 Å². The molecule has 0 aliphatic rings. The maximum Gasteiger partial charge on any atom is 0.232 e. The van der Waals surface area contributed by atoms with E-state index in [1.54, 1.807) is 36.7 Å². The third-order valence-corrected chi connectivity index (χ3v) is 8.94. The molecule has 0 bridgehead atoms. The Morgan fingerprint density at radius 2 is 1.55 bits per heavy atom. The number of aromatic nitrogens is 6. The summed E-state index contributed by atoms with van der Waals surface area (Å²) in [5.41, 5.74) is 5.02. The molecule has 6 rings (SSSR count). The molecule has 0 spiro atoms. The van der Waals surface area contributed by atoms with Crippen LogP contribution in [0.2, 0.25) is 10.0 Å². The van der Waals surface area contributed by atoms with Crippen molar-refractivity contribution in [3.05, 3.63) is 151 Å². The Labute approximate surface area is 302 Å². The van der Waals surface area contributed by atoms with E-state index in [9.17, 15) is 5.26 Å². The zero-order chi connectivity index (χ0) is 34.2. The van der Waals surface area contributed by atoms with E-state index >= 15 is 0 Å². The van der Waals surface area contributed by atoms with Crippen molar-refractivity contribution in [1.29, 1.82) is 5.26 Å². The van der Waals surface area contributed by atoms with Gasteiger partial charge in [0, 0.05) is 38.7 Å². The van der Waals surface area contributed by atoms with Gasteiger partial charge in [0.1, 0.15) is 12.2 Å². The van der Waals surface area contributed by atoms with Gasteiger partial charge in [-0.15, -0.1) is 16.6 Å². The van der Waals surface area contributed by atoms with Crippen molar-refractivity contribution >= 4 is 56.7 Å². The number of rotatable bonds is 12. The Hall–Kier alpha value is -5.26. The summed E-state index contributed by atoms with van der Waals surface area (Å²) in [5, 5.41) is 22.3. The van der Waals surface area contributed by atoms with Crippen LogP contribution in [0.5, 0.6) is 0 Å². The third-order valence-electron chi connectivity index (χ3n) is 7.70. The maximum atomic E-state index is 9.21. The van der Waals surface area contributed by atoms with Gasteiger partial charge < -0.3 is 14.8 Å². The lowest BCUT2D eigenvalue weighted by molar-refractivity contribution is 0.662. The number of nitrogens with zero attached hydrogens (tertiary/aromatic N) is 8. The number of anilines is 3. The van der Waals surface area contributed by atoms with Gasteiger partial charge in [-0.2, -0.15) is 20.2 Å². The van der Waals surface area contributed by atoms with Crippen molar-refractivity contribution in [3.8, 4) is 18.4 Å². The first-order chi connectivity index (χ1) is 23.9. The number of hydrogen-bond acceptors (Lipinski definition) is 8. The molecule has 0 aliphatic carbocycles. The van der Waals surface area contributed by atoms with Crippen LogP contribution >= 0.6 is 39.1 Å². The molecule has 2 aromatic heterocycles. The minimum atomic E-state index is 0.286. The van der Waals surface area contributed by atoms with Crippen LogP contribution in [-0.4, -0.2) is 36.3 Å². The zero-order valence-corrected chi connectivity index (χ0v) is 29.2. The lowest BCUT2D eigenvalue weighted by Crippen LogP contribution is -2.30. The van der Waals surface area contributed by atoms with E-state index in [0.29, 0.717) is 59.4 Å². The first-order valence-electron chi connectivity index (χ1n) is 15.2. The number of benzene rings is 4. The lowest BCUT2D eigenvalue weighted by Gasteiger charge is -2.24. The minimum absolute atomic E-state index is 0.286. The number of halogens is 3. The number of terminal acetylenes is 1. The van der Waals surface area contributed by atoms with Crippen LogP contribution in [0.4, 0.5) is 17.6 Å². The van der Waals surface area contributed by atoms with Crippen LogP contribution in [-0.2, 0) is 25.9 Å². The highest BCUT2D eigenvalue weighted by molar-refractivity contribution is 9.10. The summed E-state index contributed by atoms with van der Waals surface area (Å²) >= 11 is 16.7. The number of hydrogen-bond donors (Lipinski definition) is 1. The predicted molar refractivity (Wildman–Crippen MR) is 196 cm³/mol. The molecule has 0 amide bonds. The average Bonchev–Trinajstić information content (AvgIpc) is 3.55. The predicted octanol–water partition coefficient (Wildman–Crippen LogP) is 8.02. The maximum absolute atomic E-state index is 9.21. The van der Waals surface area contributed by atoms with Crippen LogP contribution in [0.1, 0.15) is 39.5 Å². The molecular formula is C37H28BrCl2N9. The number of nitriles is 1. The van der Waals surface area contributed by atoms with Crippen LogP contribution in [0.15, 0.2) is 102 Å². The van der Waals surface area contributed by atoms with E-state index < -0.39 is 0 Å². The largest absolute Gasteiger partial charge is 0.333 e. The Balaban J connectivity index is 1.37. The molecular weight excluding hydrogens is 721 g/mol. The summed E-state index contributed by atoms with van der Waals surface area (Å²) in [5.74, 6) is 4.63. The van der Waals surface area contributed by atoms with Crippen molar-refractivity contribution in [2.24, 2.45) is 0 Å². The Morgan fingerprint density at radius 3 is 2.24 bits per heavy atom. The van der Waals surface area contributed by atoms with Gasteiger partial charge in [0.15, 0.2) is 5.82 Å². The lowest BCUT2D eigenvalue weighted by atomic mass is 10.1. The highest BCUT2D eigenvalue weighted by Crippen LogP contribution is 2.27. The highest BCUT2D eigenvalue weighted by Gasteiger charge is 2.19. The van der Waals surface area contributed by atoms with E-state index in [1.165, 1.54) is 0 Å².